The van der Waals surface area contributed by atoms with Crippen LogP contribution in [0.4, 0.5) is 0 Å². The van der Waals surface area contributed by atoms with E-state index in [4.69, 9.17) is 5.11 Å². The van der Waals surface area contributed by atoms with E-state index in [1.165, 1.54) is 5.57 Å². The van der Waals surface area contributed by atoms with Crippen LogP contribution in [0.25, 0.3) is 0 Å². The summed E-state index contributed by atoms with van der Waals surface area (Å²) in [7, 11) is 0. The average Bonchev–Trinajstić information content (AvgIpc) is 1.87. The van der Waals surface area contributed by atoms with Gasteiger partial charge in [0.25, 0.3) is 0 Å². The van der Waals surface area contributed by atoms with E-state index in [9.17, 15) is 0 Å². The molecule has 1 aliphatic rings. The van der Waals surface area contributed by atoms with E-state index < -0.39 is 0 Å². The van der Waals surface area contributed by atoms with Crippen LogP contribution in [0.2, 0.25) is 0 Å². The van der Waals surface area contributed by atoms with Crippen molar-refractivity contribution in [2.24, 2.45) is 0 Å². The van der Waals surface area contributed by atoms with E-state index in [0.717, 1.165) is 19.3 Å². The fourth-order valence-corrected chi connectivity index (χ4v) is 0.908. The van der Waals surface area contributed by atoms with Gasteiger partial charge in [-0.3, -0.25) is 0 Å². The largest absolute Gasteiger partial charge is 0.393 e. The Morgan fingerprint density at radius 1 is 1.71 bits per heavy atom. The Hall–Kier alpha value is -0.300. The molecule has 1 fully saturated rings. The van der Waals surface area contributed by atoms with Crippen LogP contribution < -0.4 is 0 Å². The molecular weight excluding hydrogens is 88.1 g/mol. The number of hydrogen-bond donors (Lipinski definition) is 1. The molecule has 1 heteroatoms. The zero-order valence-corrected chi connectivity index (χ0v) is 4.35. The first-order chi connectivity index (χ1) is 3.29. The standard InChI is InChI=1S/C6H10O/c1-5-2-3-6(7)4-5/h6-7H,1-4H2/t6-/m0/s1. The van der Waals surface area contributed by atoms with Gasteiger partial charge in [-0.1, -0.05) is 12.2 Å². The smallest absolute Gasteiger partial charge is 0.0580 e. The summed E-state index contributed by atoms with van der Waals surface area (Å²) in [4.78, 5) is 0. The molecule has 1 saturated carbocycles. The fraction of sp³-hybridized carbons (Fsp3) is 0.667. The second-order valence-electron chi connectivity index (χ2n) is 2.15. The van der Waals surface area contributed by atoms with Crippen LogP contribution in [-0.2, 0) is 0 Å². The maximum atomic E-state index is 8.84. The van der Waals surface area contributed by atoms with Crippen molar-refractivity contribution in [3.63, 3.8) is 0 Å². The molecule has 0 amide bonds. The lowest BCUT2D eigenvalue weighted by Gasteiger charge is -1.91. The van der Waals surface area contributed by atoms with Crippen molar-refractivity contribution in [3.8, 4) is 0 Å². The summed E-state index contributed by atoms with van der Waals surface area (Å²) < 4.78 is 0. The van der Waals surface area contributed by atoms with Crippen LogP contribution in [0.15, 0.2) is 12.2 Å². The highest BCUT2D eigenvalue weighted by molar-refractivity contribution is 5.02. The van der Waals surface area contributed by atoms with E-state index in [1.54, 1.807) is 0 Å². The van der Waals surface area contributed by atoms with E-state index in [-0.39, 0.29) is 6.10 Å². The van der Waals surface area contributed by atoms with E-state index in [2.05, 4.69) is 6.58 Å². The summed E-state index contributed by atoms with van der Waals surface area (Å²) in [5.74, 6) is 0. The van der Waals surface area contributed by atoms with Gasteiger partial charge in [-0.25, -0.2) is 0 Å². The number of hydrogen-bond acceptors (Lipinski definition) is 1. The van der Waals surface area contributed by atoms with Gasteiger partial charge in [-0.05, 0) is 19.3 Å². The highest BCUT2D eigenvalue weighted by atomic mass is 16.3. The molecule has 0 aromatic rings. The van der Waals surface area contributed by atoms with Gasteiger partial charge in [0.2, 0.25) is 0 Å². The summed E-state index contributed by atoms with van der Waals surface area (Å²) in [6.07, 6.45) is 2.72. The Morgan fingerprint density at radius 3 is 2.57 bits per heavy atom. The van der Waals surface area contributed by atoms with E-state index in [1.807, 2.05) is 0 Å². The third-order valence-corrected chi connectivity index (χ3v) is 1.36. The molecule has 0 bridgehead atoms. The zero-order valence-electron chi connectivity index (χ0n) is 4.35. The van der Waals surface area contributed by atoms with Crippen molar-refractivity contribution in [1.29, 1.82) is 0 Å². The molecule has 1 N–H and O–H groups in total. The Balaban J connectivity index is 2.40. The maximum Gasteiger partial charge on any atom is 0.0580 e. The van der Waals surface area contributed by atoms with Crippen molar-refractivity contribution in [2.45, 2.75) is 25.4 Å². The summed E-state index contributed by atoms with van der Waals surface area (Å²) >= 11 is 0. The molecule has 0 aromatic heterocycles. The highest BCUT2D eigenvalue weighted by Crippen LogP contribution is 2.21. The molecule has 0 spiro atoms. The first-order valence-corrected chi connectivity index (χ1v) is 2.64. The minimum absolute atomic E-state index is 0.0764. The van der Waals surface area contributed by atoms with Gasteiger partial charge in [-0.15, -0.1) is 0 Å². The van der Waals surface area contributed by atoms with Crippen molar-refractivity contribution < 1.29 is 5.11 Å². The first-order valence-electron chi connectivity index (χ1n) is 2.64. The van der Waals surface area contributed by atoms with E-state index >= 15 is 0 Å². The lowest BCUT2D eigenvalue weighted by Crippen LogP contribution is -1.95. The zero-order chi connectivity index (χ0) is 5.28. The lowest BCUT2D eigenvalue weighted by molar-refractivity contribution is 0.186. The molecule has 1 aliphatic carbocycles. The highest BCUT2D eigenvalue weighted by Gasteiger charge is 2.13. The number of aliphatic hydroxyl groups excluding tert-OH is 1. The second kappa shape index (κ2) is 1.66. The monoisotopic (exact) mass is 98.1 g/mol. The molecule has 0 heterocycles. The van der Waals surface area contributed by atoms with Crippen LogP contribution in [0.3, 0.4) is 0 Å². The third-order valence-electron chi connectivity index (χ3n) is 1.36. The molecule has 0 radical (unpaired) electrons. The van der Waals surface area contributed by atoms with Gasteiger partial charge in [0.1, 0.15) is 0 Å². The molecule has 1 rings (SSSR count). The third kappa shape index (κ3) is 1.03. The van der Waals surface area contributed by atoms with Crippen LogP contribution in [0.5, 0.6) is 0 Å². The minimum atomic E-state index is -0.0764. The van der Waals surface area contributed by atoms with Gasteiger partial charge < -0.3 is 5.11 Å². The summed E-state index contributed by atoms with van der Waals surface area (Å²) in [5.41, 5.74) is 1.20. The molecule has 7 heavy (non-hydrogen) atoms. The molecule has 40 valence electrons. The van der Waals surface area contributed by atoms with E-state index in [0.29, 0.717) is 0 Å². The topological polar surface area (TPSA) is 20.2 Å². The molecular formula is C6H10O. The summed E-state index contributed by atoms with van der Waals surface area (Å²) in [6, 6.07) is 0. The predicted molar refractivity (Wildman–Crippen MR) is 29.0 cm³/mol. The number of aliphatic hydroxyl groups is 1. The Morgan fingerprint density at radius 2 is 2.43 bits per heavy atom. The normalized spacial score (nSPS) is 31.6. The summed E-state index contributed by atoms with van der Waals surface area (Å²) in [6.45, 7) is 3.74. The second-order valence-corrected chi connectivity index (χ2v) is 2.15. The lowest BCUT2D eigenvalue weighted by atomic mass is 10.3. The first kappa shape index (κ1) is 4.85. The Bertz CT molecular complexity index is 86.2. The van der Waals surface area contributed by atoms with Crippen molar-refractivity contribution >= 4 is 0 Å². The minimum Gasteiger partial charge on any atom is -0.393 e. The van der Waals surface area contributed by atoms with Crippen molar-refractivity contribution in [3.05, 3.63) is 12.2 Å². The van der Waals surface area contributed by atoms with Crippen LogP contribution >= 0.6 is 0 Å². The average molecular weight is 98.1 g/mol. The predicted octanol–water partition coefficient (Wildman–Crippen LogP) is 1.09. The molecule has 0 unspecified atom stereocenters. The Kier molecular flexibility index (Phi) is 1.15. The SMILES string of the molecule is C=C1CC[C@H](O)C1. The quantitative estimate of drug-likeness (QED) is 0.449. The van der Waals surface area contributed by atoms with Crippen molar-refractivity contribution in [2.75, 3.05) is 0 Å². The maximum absolute atomic E-state index is 8.84. The van der Waals surface area contributed by atoms with Crippen LogP contribution in [-0.4, -0.2) is 11.2 Å². The van der Waals surface area contributed by atoms with Gasteiger partial charge >= 0.3 is 0 Å². The molecule has 0 aromatic carbocycles. The summed E-state index contributed by atoms with van der Waals surface area (Å²) in [5, 5.41) is 8.84. The van der Waals surface area contributed by atoms with Crippen molar-refractivity contribution in [1.82, 2.24) is 0 Å². The Labute approximate surface area is 43.7 Å². The van der Waals surface area contributed by atoms with Crippen LogP contribution in [0, 0.1) is 0 Å². The molecule has 1 atom stereocenters. The molecule has 0 aliphatic heterocycles. The van der Waals surface area contributed by atoms with Crippen LogP contribution in [0.1, 0.15) is 19.3 Å². The fourth-order valence-electron chi connectivity index (χ4n) is 0.908. The van der Waals surface area contributed by atoms with Gasteiger partial charge in [0.15, 0.2) is 0 Å². The van der Waals surface area contributed by atoms with Gasteiger partial charge in [-0.2, -0.15) is 0 Å². The van der Waals surface area contributed by atoms with Gasteiger partial charge in [0, 0.05) is 0 Å². The molecule has 0 saturated heterocycles. The van der Waals surface area contributed by atoms with Gasteiger partial charge in [0.05, 0.1) is 6.10 Å². The number of rotatable bonds is 0. The molecule has 1 nitrogen and oxygen atoms in total.